The number of rotatable bonds is 4. The van der Waals surface area contributed by atoms with Crippen LogP contribution in [0.15, 0.2) is 24.3 Å². The van der Waals surface area contributed by atoms with Gasteiger partial charge in [-0.05, 0) is 18.4 Å². The minimum absolute atomic E-state index is 0.0193. The smallest absolute Gasteiger partial charge is 0.269 e. The normalized spacial score (nSPS) is 22.8. The third-order valence-corrected chi connectivity index (χ3v) is 4.74. The number of morpholine rings is 1. The second kappa shape index (κ2) is 6.32. The highest BCUT2D eigenvalue weighted by molar-refractivity contribution is 5.35. The van der Waals surface area contributed by atoms with Crippen LogP contribution < -0.4 is 0 Å². The molecule has 1 heterocycles. The summed E-state index contributed by atoms with van der Waals surface area (Å²) in [6, 6.07) is 6.26. The van der Waals surface area contributed by atoms with Gasteiger partial charge in [0.1, 0.15) is 0 Å². The summed E-state index contributed by atoms with van der Waals surface area (Å²) in [6.45, 7) is 2.83. The first-order valence-electron chi connectivity index (χ1n) is 7.87. The number of nitro groups is 1. The van der Waals surface area contributed by atoms with E-state index in [9.17, 15) is 15.2 Å². The van der Waals surface area contributed by atoms with Gasteiger partial charge in [-0.2, -0.15) is 0 Å². The van der Waals surface area contributed by atoms with Gasteiger partial charge in [0.05, 0.1) is 23.2 Å². The first-order chi connectivity index (χ1) is 10.6. The summed E-state index contributed by atoms with van der Waals surface area (Å²) >= 11 is 0. The average molecular weight is 306 g/mol. The van der Waals surface area contributed by atoms with E-state index in [0.29, 0.717) is 18.7 Å². The molecule has 120 valence electrons. The van der Waals surface area contributed by atoms with E-state index in [4.69, 9.17) is 4.74 Å². The molecular formula is C16H22N2O4. The van der Waals surface area contributed by atoms with E-state index in [1.54, 1.807) is 12.1 Å². The lowest BCUT2D eigenvalue weighted by atomic mass is 9.99. The number of nitrogens with zero attached hydrogens (tertiary/aromatic N) is 2. The zero-order chi connectivity index (χ0) is 15.6. The second-order valence-electron chi connectivity index (χ2n) is 6.34. The van der Waals surface area contributed by atoms with E-state index in [0.717, 1.165) is 25.9 Å². The SMILES string of the molecule is O=[N+]([O-])c1cccc(C(O)CN2CCOC3(CCCC3)C2)c1. The molecule has 3 rings (SSSR count). The standard InChI is InChI=1S/C16H22N2O4/c19-15(13-4-3-5-14(10-13)18(20)21)11-17-8-9-22-16(12-17)6-1-2-7-16/h3-5,10,15,19H,1-2,6-9,11-12H2. The molecule has 1 saturated carbocycles. The molecule has 1 aromatic carbocycles. The summed E-state index contributed by atoms with van der Waals surface area (Å²) in [6.07, 6.45) is 3.89. The van der Waals surface area contributed by atoms with E-state index in [1.807, 2.05) is 0 Å². The monoisotopic (exact) mass is 306 g/mol. The number of non-ortho nitro benzene ring substituents is 1. The lowest BCUT2D eigenvalue weighted by Gasteiger charge is -2.41. The summed E-state index contributed by atoms with van der Waals surface area (Å²) < 4.78 is 5.98. The summed E-state index contributed by atoms with van der Waals surface area (Å²) in [5.41, 5.74) is 0.590. The number of benzene rings is 1. The van der Waals surface area contributed by atoms with Crippen LogP contribution in [0.4, 0.5) is 5.69 Å². The number of β-amino-alcohol motifs (C(OH)–C–C–N with tert-alkyl or cyclic N) is 1. The van der Waals surface area contributed by atoms with Crippen LogP contribution in [-0.4, -0.2) is 46.8 Å². The molecule has 1 aromatic rings. The zero-order valence-corrected chi connectivity index (χ0v) is 12.6. The molecule has 0 amide bonds. The molecule has 1 unspecified atom stereocenters. The van der Waals surface area contributed by atoms with Crippen molar-refractivity contribution in [3.63, 3.8) is 0 Å². The Kier molecular flexibility index (Phi) is 4.42. The van der Waals surface area contributed by atoms with E-state index < -0.39 is 11.0 Å². The molecule has 0 bridgehead atoms. The lowest BCUT2D eigenvalue weighted by molar-refractivity contribution is -0.385. The van der Waals surface area contributed by atoms with Crippen molar-refractivity contribution in [1.82, 2.24) is 4.90 Å². The predicted molar refractivity (Wildman–Crippen MR) is 81.6 cm³/mol. The first-order valence-corrected chi connectivity index (χ1v) is 7.87. The van der Waals surface area contributed by atoms with Gasteiger partial charge in [-0.3, -0.25) is 15.0 Å². The van der Waals surface area contributed by atoms with Gasteiger partial charge in [-0.15, -0.1) is 0 Å². The van der Waals surface area contributed by atoms with Crippen LogP contribution >= 0.6 is 0 Å². The van der Waals surface area contributed by atoms with Gasteiger partial charge in [0, 0.05) is 31.8 Å². The van der Waals surface area contributed by atoms with Crippen molar-refractivity contribution in [2.75, 3.05) is 26.2 Å². The van der Waals surface area contributed by atoms with Crippen molar-refractivity contribution in [2.24, 2.45) is 0 Å². The molecule has 1 aliphatic heterocycles. The van der Waals surface area contributed by atoms with E-state index in [1.165, 1.54) is 25.0 Å². The highest BCUT2D eigenvalue weighted by Gasteiger charge is 2.39. The number of nitro benzene ring substituents is 1. The fourth-order valence-corrected chi connectivity index (χ4v) is 3.60. The summed E-state index contributed by atoms with van der Waals surface area (Å²) in [5, 5.41) is 21.2. The Balaban J connectivity index is 1.64. The van der Waals surface area contributed by atoms with Crippen molar-refractivity contribution < 1.29 is 14.8 Å². The Morgan fingerprint density at radius 3 is 2.91 bits per heavy atom. The van der Waals surface area contributed by atoms with Gasteiger partial charge < -0.3 is 9.84 Å². The van der Waals surface area contributed by atoms with Gasteiger partial charge in [-0.25, -0.2) is 0 Å². The molecule has 1 aliphatic carbocycles. The Hall–Kier alpha value is -1.50. The number of hydrogen-bond donors (Lipinski definition) is 1. The average Bonchev–Trinajstić information content (AvgIpc) is 2.95. The fraction of sp³-hybridized carbons (Fsp3) is 0.625. The molecule has 0 radical (unpaired) electrons. The van der Waals surface area contributed by atoms with Crippen molar-refractivity contribution in [1.29, 1.82) is 0 Å². The van der Waals surface area contributed by atoms with Crippen molar-refractivity contribution >= 4 is 5.69 Å². The fourth-order valence-electron chi connectivity index (χ4n) is 3.60. The number of aliphatic hydroxyl groups is 1. The summed E-state index contributed by atoms with van der Waals surface area (Å²) in [4.78, 5) is 12.6. The van der Waals surface area contributed by atoms with Crippen molar-refractivity contribution in [2.45, 2.75) is 37.4 Å². The minimum atomic E-state index is -0.712. The zero-order valence-electron chi connectivity index (χ0n) is 12.6. The van der Waals surface area contributed by atoms with Crippen LogP contribution in [0.25, 0.3) is 0 Å². The second-order valence-corrected chi connectivity index (χ2v) is 6.34. The Labute approximate surface area is 129 Å². The molecule has 1 saturated heterocycles. The van der Waals surface area contributed by atoms with Gasteiger partial charge in [-0.1, -0.05) is 25.0 Å². The maximum atomic E-state index is 10.8. The van der Waals surface area contributed by atoms with Gasteiger partial charge in [0.2, 0.25) is 0 Å². The van der Waals surface area contributed by atoms with Crippen molar-refractivity contribution in [3.05, 3.63) is 39.9 Å². The molecule has 1 spiro atoms. The van der Waals surface area contributed by atoms with Gasteiger partial charge in [0.25, 0.3) is 5.69 Å². The van der Waals surface area contributed by atoms with Gasteiger partial charge in [0.15, 0.2) is 0 Å². The van der Waals surface area contributed by atoms with Crippen molar-refractivity contribution in [3.8, 4) is 0 Å². The van der Waals surface area contributed by atoms with Crippen LogP contribution in [0.2, 0.25) is 0 Å². The third kappa shape index (κ3) is 3.29. The number of aliphatic hydroxyl groups excluding tert-OH is 1. The van der Waals surface area contributed by atoms with Crippen LogP contribution in [0.3, 0.4) is 0 Å². The molecule has 2 fully saturated rings. The topological polar surface area (TPSA) is 75.8 Å². The largest absolute Gasteiger partial charge is 0.387 e. The van der Waals surface area contributed by atoms with E-state index >= 15 is 0 Å². The molecule has 2 aliphatic rings. The third-order valence-electron chi connectivity index (χ3n) is 4.74. The Morgan fingerprint density at radius 2 is 2.18 bits per heavy atom. The highest BCUT2D eigenvalue weighted by Crippen LogP contribution is 2.36. The molecular weight excluding hydrogens is 284 g/mol. The lowest BCUT2D eigenvalue weighted by Crippen LogP contribution is -2.51. The Morgan fingerprint density at radius 1 is 1.41 bits per heavy atom. The molecule has 6 heteroatoms. The number of hydrogen-bond acceptors (Lipinski definition) is 5. The molecule has 1 N–H and O–H groups in total. The predicted octanol–water partition coefficient (Wildman–Crippen LogP) is 2.27. The maximum absolute atomic E-state index is 10.8. The first kappa shape index (κ1) is 15.4. The van der Waals surface area contributed by atoms with Gasteiger partial charge >= 0.3 is 0 Å². The van der Waals surface area contributed by atoms with Crippen LogP contribution in [-0.2, 0) is 4.74 Å². The Bertz CT molecular complexity index is 543. The van der Waals surface area contributed by atoms with E-state index in [-0.39, 0.29) is 11.3 Å². The van der Waals surface area contributed by atoms with Crippen LogP contribution in [0, 0.1) is 10.1 Å². The molecule has 1 atom stereocenters. The van der Waals surface area contributed by atoms with Crippen LogP contribution in [0.5, 0.6) is 0 Å². The quantitative estimate of drug-likeness (QED) is 0.682. The van der Waals surface area contributed by atoms with Crippen LogP contribution in [0.1, 0.15) is 37.4 Å². The molecule has 22 heavy (non-hydrogen) atoms. The minimum Gasteiger partial charge on any atom is -0.387 e. The highest BCUT2D eigenvalue weighted by atomic mass is 16.6. The maximum Gasteiger partial charge on any atom is 0.269 e. The summed E-state index contributed by atoms with van der Waals surface area (Å²) in [7, 11) is 0. The molecule has 6 nitrogen and oxygen atoms in total. The summed E-state index contributed by atoms with van der Waals surface area (Å²) in [5.74, 6) is 0. The number of ether oxygens (including phenoxy) is 1. The molecule has 0 aromatic heterocycles. The van der Waals surface area contributed by atoms with E-state index in [2.05, 4.69) is 4.90 Å².